The number of aliphatic hydroxyl groups excluding tert-OH is 1. The lowest BCUT2D eigenvalue weighted by molar-refractivity contribution is -0.139. The van der Waals surface area contributed by atoms with Gasteiger partial charge in [-0.25, -0.2) is 4.98 Å². The highest BCUT2D eigenvalue weighted by Crippen LogP contribution is 2.38. The van der Waals surface area contributed by atoms with Gasteiger partial charge in [-0.2, -0.15) is 28.4 Å². The summed E-state index contributed by atoms with van der Waals surface area (Å²) < 4.78 is 48.1. The van der Waals surface area contributed by atoms with Crippen LogP contribution in [-0.2, 0) is 25.8 Å². The van der Waals surface area contributed by atoms with Gasteiger partial charge in [0, 0.05) is 56.9 Å². The molecule has 3 N–H and O–H groups in total. The highest BCUT2D eigenvalue weighted by atomic mass is 19.4. The van der Waals surface area contributed by atoms with E-state index in [1.165, 1.54) is 19.1 Å². The zero-order chi connectivity index (χ0) is 30.9. The maximum atomic E-state index is 14.0. The molecule has 11 nitrogen and oxygen atoms in total. The molecule has 232 valence electrons. The topological polar surface area (TPSA) is 131 Å². The number of anilines is 2. The number of ether oxygens (including phenoxy) is 1. The second-order valence-electron chi connectivity index (χ2n) is 11.5. The Morgan fingerprint density at radius 3 is 2.70 bits per heavy atom. The van der Waals surface area contributed by atoms with Crippen LogP contribution in [0.2, 0.25) is 0 Å². The average molecular weight is 602 g/mol. The van der Waals surface area contributed by atoms with Crippen LogP contribution in [0.4, 0.5) is 24.8 Å². The van der Waals surface area contributed by atoms with Gasteiger partial charge in [-0.15, -0.1) is 0 Å². The number of pyridine rings is 1. The van der Waals surface area contributed by atoms with E-state index >= 15 is 0 Å². The van der Waals surface area contributed by atoms with Crippen molar-refractivity contribution in [2.75, 3.05) is 50.5 Å². The summed E-state index contributed by atoms with van der Waals surface area (Å²) >= 11 is 0. The van der Waals surface area contributed by atoms with Crippen LogP contribution < -0.4 is 15.4 Å². The Hall–Kier alpha value is -3.51. The predicted molar refractivity (Wildman–Crippen MR) is 154 cm³/mol. The molecular formula is C29H38F3N9O2. The minimum Gasteiger partial charge on any atom is -0.462 e. The van der Waals surface area contributed by atoms with E-state index in [0.29, 0.717) is 44.3 Å². The Labute approximate surface area is 249 Å². The van der Waals surface area contributed by atoms with Gasteiger partial charge in [-0.3, -0.25) is 9.80 Å². The van der Waals surface area contributed by atoms with E-state index in [4.69, 9.17) is 20.4 Å². The van der Waals surface area contributed by atoms with Crippen molar-refractivity contribution in [3.8, 4) is 12.1 Å². The molecule has 2 aromatic heterocycles. The standard InChI is InChI=1S/C29H38F3N9O2/c1-4-25(42)41-11-10-40(13-19(41)7-8-33)27-21-14-39(16-23-26(29(30,31)32)18(2)12-24(34)35-23)15-22(21)36-28(37-27)43-17-20-6-5-9-38(20)3/h4,12,19-20,25,42H,1,5-7,9-11,13-17H2,2-3H3,(H2,34,35)/t19-,20-,25?/m0/s1. The first kappa shape index (κ1) is 30.9. The number of nitrogens with two attached hydrogens (primary N) is 1. The lowest BCUT2D eigenvalue weighted by Crippen LogP contribution is -2.56. The molecular weight excluding hydrogens is 563 g/mol. The van der Waals surface area contributed by atoms with Crippen LogP contribution in [0.25, 0.3) is 0 Å². The number of nitrogen functional groups attached to an aromatic ring is 1. The number of alkyl halides is 3. The quantitative estimate of drug-likeness (QED) is 0.412. The predicted octanol–water partition coefficient (Wildman–Crippen LogP) is 2.68. The maximum Gasteiger partial charge on any atom is 0.418 e. The van der Waals surface area contributed by atoms with Gasteiger partial charge in [-0.1, -0.05) is 6.58 Å². The van der Waals surface area contributed by atoms with E-state index < -0.39 is 18.0 Å². The molecule has 3 aliphatic heterocycles. The number of likely N-dealkylation sites (N-methyl/N-ethyl adjacent to an activating group) is 1. The van der Waals surface area contributed by atoms with E-state index in [1.54, 1.807) is 0 Å². The van der Waals surface area contributed by atoms with E-state index in [2.05, 4.69) is 34.5 Å². The summed E-state index contributed by atoms with van der Waals surface area (Å²) in [6.07, 6.45) is -1.72. The lowest BCUT2D eigenvalue weighted by Gasteiger charge is -2.43. The van der Waals surface area contributed by atoms with Crippen molar-refractivity contribution in [2.24, 2.45) is 0 Å². The van der Waals surface area contributed by atoms with Crippen molar-refractivity contribution >= 4 is 11.6 Å². The van der Waals surface area contributed by atoms with Gasteiger partial charge in [0.2, 0.25) is 0 Å². The van der Waals surface area contributed by atoms with Gasteiger partial charge >= 0.3 is 12.2 Å². The molecule has 2 aromatic rings. The molecule has 2 fully saturated rings. The molecule has 0 radical (unpaired) electrons. The number of nitrogens with zero attached hydrogens (tertiary/aromatic N) is 8. The second-order valence-corrected chi connectivity index (χ2v) is 11.5. The molecule has 0 aromatic carbocycles. The molecule has 0 bridgehead atoms. The maximum absolute atomic E-state index is 14.0. The molecule has 0 aliphatic carbocycles. The van der Waals surface area contributed by atoms with Gasteiger partial charge in [0.1, 0.15) is 24.5 Å². The van der Waals surface area contributed by atoms with E-state index in [0.717, 1.165) is 24.9 Å². The minimum absolute atomic E-state index is 0.0304. The first-order valence-electron chi connectivity index (χ1n) is 14.4. The molecule has 3 aliphatic rings. The molecule has 0 amide bonds. The SMILES string of the molecule is C=CC(O)N1CCN(c2nc(OC[C@@H]3CCCN3C)nc3c2CN(Cc2nc(N)cc(C)c2C(F)(F)F)C3)C[C@@H]1CC#N. The monoisotopic (exact) mass is 601 g/mol. The van der Waals surface area contributed by atoms with Crippen molar-refractivity contribution in [1.29, 1.82) is 5.26 Å². The number of aryl methyl sites for hydroxylation is 1. The van der Waals surface area contributed by atoms with E-state index in [-0.39, 0.29) is 54.7 Å². The van der Waals surface area contributed by atoms with Crippen LogP contribution in [0.15, 0.2) is 18.7 Å². The van der Waals surface area contributed by atoms with Crippen LogP contribution in [0.3, 0.4) is 0 Å². The van der Waals surface area contributed by atoms with Gasteiger partial charge in [0.25, 0.3) is 0 Å². The summed E-state index contributed by atoms with van der Waals surface area (Å²) in [6.45, 7) is 8.41. The summed E-state index contributed by atoms with van der Waals surface area (Å²) in [5.74, 6) is 0.666. The average Bonchev–Trinajstić information content (AvgIpc) is 3.54. The molecule has 14 heteroatoms. The number of aliphatic hydroxyl groups is 1. The summed E-state index contributed by atoms with van der Waals surface area (Å²) in [6, 6.07) is 3.63. The number of rotatable bonds is 9. The lowest BCUT2D eigenvalue weighted by atomic mass is 10.1. The molecule has 0 spiro atoms. The van der Waals surface area contributed by atoms with Crippen molar-refractivity contribution in [2.45, 2.75) is 70.3 Å². The number of fused-ring (bicyclic) bond motifs is 1. The Balaban J connectivity index is 1.44. The second kappa shape index (κ2) is 12.6. The van der Waals surface area contributed by atoms with Gasteiger partial charge in [-0.05, 0) is 51.1 Å². The van der Waals surface area contributed by atoms with Crippen molar-refractivity contribution in [1.82, 2.24) is 29.7 Å². The summed E-state index contributed by atoms with van der Waals surface area (Å²) in [7, 11) is 2.06. The molecule has 3 atom stereocenters. The van der Waals surface area contributed by atoms with E-state index in [1.807, 2.05) is 9.80 Å². The normalized spacial score (nSPS) is 22.4. The third-order valence-electron chi connectivity index (χ3n) is 8.56. The zero-order valence-electron chi connectivity index (χ0n) is 24.5. The van der Waals surface area contributed by atoms with Gasteiger partial charge in [0.05, 0.1) is 29.4 Å². The third-order valence-corrected chi connectivity index (χ3v) is 8.56. The highest BCUT2D eigenvalue weighted by Gasteiger charge is 2.39. The Morgan fingerprint density at radius 2 is 2.02 bits per heavy atom. The summed E-state index contributed by atoms with van der Waals surface area (Å²) in [5, 5.41) is 19.9. The number of piperazine rings is 1. The fourth-order valence-corrected chi connectivity index (χ4v) is 6.39. The molecule has 2 saturated heterocycles. The number of nitriles is 1. The first-order chi connectivity index (χ1) is 20.5. The van der Waals surface area contributed by atoms with Gasteiger partial charge < -0.3 is 25.4 Å². The molecule has 5 heterocycles. The third kappa shape index (κ3) is 6.70. The Bertz CT molecular complexity index is 1380. The molecule has 1 unspecified atom stereocenters. The molecule has 43 heavy (non-hydrogen) atoms. The van der Waals surface area contributed by atoms with E-state index in [9.17, 15) is 23.5 Å². The fourth-order valence-electron chi connectivity index (χ4n) is 6.39. The summed E-state index contributed by atoms with van der Waals surface area (Å²) in [4.78, 5) is 21.6. The zero-order valence-corrected chi connectivity index (χ0v) is 24.5. The number of hydrogen-bond donors (Lipinski definition) is 2. The number of likely N-dealkylation sites (tertiary alicyclic amines) is 1. The number of aromatic nitrogens is 3. The number of halogens is 3. The Morgan fingerprint density at radius 1 is 1.23 bits per heavy atom. The van der Waals surface area contributed by atoms with Crippen molar-refractivity contribution < 1.29 is 23.0 Å². The highest BCUT2D eigenvalue weighted by molar-refractivity contribution is 5.52. The first-order valence-corrected chi connectivity index (χ1v) is 14.4. The van der Waals surface area contributed by atoms with Gasteiger partial charge in [0.15, 0.2) is 0 Å². The molecule has 0 saturated carbocycles. The summed E-state index contributed by atoms with van der Waals surface area (Å²) in [5.41, 5.74) is 6.46. The van der Waals surface area contributed by atoms with Crippen LogP contribution in [0.1, 0.15) is 47.3 Å². The van der Waals surface area contributed by atoms with Crippen molar-refractivity contribution in [3.05, 3.63) is 46.8 Å². The fraction of sp³-hybridized carbons (Fsp3) is 0.586. The van der Waals surface area contributed by atoms with Crippen molar-refractivity contribution in [3.63, 3.8) is 0 Å². The largest absolute Gasteiger partial charge is 0.462 e. The van der Waals surface area contributed by atoms with Crippen LogP contribution in [0, 0.1) is 18.3 Å². The molecule has 5 rings (SSSR count). The number of hydrogen-bond acceptors (Lipinski definition) is 11. The van der Waals surface area contributed by atoms with Crippen LogP contribution >= 0.6 is 0 Å². The Kier molecular flexibility index (Phi) is 9.07. The minimum atomic E-state index is -4.57. The smallest absolute Gasteiger partial charge is 0.418 e. The van der Waals surface area contributed by atoms with Crippen LogP contribution in [0.5, 0.6) is 6.01 Å². The van der Waals surface area contributed by atoms with Crippen LogP contribution in [-0.4, -0.2) is 92.9 Å².